The molecule has 35 heavy (non-hydrogen) atoms. The van der Waals surface area contributed by atoms with E-state index in [2.05, 4.69) is 45.8 Å². The smallest absolute Gasteiger partial charge is 0.187 e. The normalized spacial score (nSPS) is 19.2. The van der Waals surface area contributed by atoms with Gasteiger partial charge in [-0.05, 0) is 54.4 Å². The maximum atomic E-state index is 10.9. The highest BCUT2D eigenvalue weighted by Gasteiger charge is 2.34. The van der Waals surface area contributed by atoms with Crippen LogP contribution < -0.4 is 9.64 Å². The van der Waals surface area contributed by atoms with Crippen LogP contribution in [0, 0.1) is 6.57 Å². The van der Waals surface area contributed by atoms with Crippen LogP contribution in [-0.4, -0.2) is 54.0 Å². The monoisotopic (exact) mass is 491 g/mol. The molecule has 2 N–H and O–H groups in total. The topological polar surface area (TPSA) is 60.5 Å². The van der Waals surface area contributed by atoms with E-state index < -0.39 is 6.10 Å². The molecular weight excluding hydrogens is 462 g/mol. The second-order valence-electron chi connectivity index (χ2n) is 8.83. The fourth-order valence-electron chi connectivity index (χ4n) is 4.71. The van der Waals surface area contributed by atoms with E-state index in [-0.39, 0.29) is 25.3 Å². The van der Waals surface area contributed by atoms with E-state index >= 15 is 0 Å². The molecular formula is C28H30ClN3O3. The molecule has 0 aliphatic carbocycles. The fourth-order valence-corrected chi connectivity index (χ4v) is 4.84. The van der Waals surface area contributed by atoms with Gasteiger partial charge in [-0.1, -0.05) is 48.0 Å². The van der Waals surface area contributed by atoms with Gasteiger partial charge >= 0.3 is 0 Å². The van der Waals surface area contributed by atoms with Crippen molar-refractivity contribution in [2.75, 3.05) is 37.7 Å². The Morgan fingerprint density at radius 3 is 2.34 bits per heavy atom. The van der Waals surface area contributed by atoms with Crippen LogP contribution in [0.2, 0.25) is 5.02 Å². The molecule has 3 aromatic rings. The second kappa shape index (κ2) is 11.6. The molecule has 1 aliphatic heterocycles. The third kappa shape index (κ3) is 6.14. The molecule has 0 saturated carbocycles. The van der Waals surface area contributed by atoms with Gasteiger partial charge in [-0.3, -0.25) is 4.90 Å². The number of β-amino-alcohol motifs (C(OH)–C–C–N with tert-alkyl or cyclic N) is 1. The number of benzene rings is 3. The van der Waals surface area contributed by atoms with Gasteiger partial charge in [-0.2, -0.15) is 0 Å². The maximum absolute atomic E-state index is 10.9. The summed E-state index contributed by atoms with van der Waals surface area (Å²) in [7, 11) is 0. The van der Waals surface area contributed by atoms with E-state index in [1.807, 2.05) is 36.4 Å². The number of rotatable bonds is 8. The van der Waals surface area contributed by atoms with Crippen molar-refractivity contribution in [3.8, 4) is 5.75 Å². The predicted octanol–water partition coefficient (Wildman–Crippen LogP) is 5.25. The van der Waals surface area contributed by atoms with Crippen molar-refractivity contribution in [2.24, 2.45) is 0 Å². The van der Waals surface area contributed by atoms with Gasteiger partial charge in [0.1, 0.15) is 12.4 Å². The fraction of sp³-hybridized carbons (Fsp3) is 0.321. The largest absolute Gasteiger partial charge is 0.491 e. The highest BCUT2D eigenvalue weighted by molar-refractivity contribution is 6.30. The number of nitrogens with zero attached hydrogens (tertiary/aromatic N) is 3. The van der Waals surface area contributed by atoms with E-state index in [0.717, 1.165) is 35.7 Å². The summed E-state index contributed by atoms with van der Waals surface area (Å²) in [6, 6.07) is 23.3. The van der Waals surface area contributed by atoms with Crippen LogP contribution >= 0.6 is 11.6 Å². The zero-order chi connectivity index (χ0) is 24.8. The third-order valence-corrected chi connectivity index (χ3v) is 6.60. The summed E-state index contributed by atoms with van der Waals surface area (Å²) in [6.45, 7) is 11.6. The van der Waals surface area contributed by atoms with E-state index in [1.54, 1.807) is 12.1 Å². The Kier molecular flexibility index (Phi) is 8.27. The minimum absolute atomic E-state index is 0.0189. The lowest BCUT2D eigenvalue weighted by Gasteiger charge is -2.48. The predicted molar refractivity (Wildman–Crippen MR) is 139 cm³/mol. The molecule has 0 spiro atoms. The Morgan fingerprint density at radius 1 is 1.03 bits per heavy atom. The van der Waals surface area contributed by atoms with Gasteiger partial charge in [-0.15, -0.1) is 0 Å². The lowest BCUT2D eigenvalue weighted by Crippen LogP contribution is -2.54. The van der Waals surface area contributed by atoms with Gasteiger partial charge in [0.2, 0.25) is 0 Å². The van der Waals surface area contributed by atoms with Crippen LogP contribution in [0.5, 0.6) is 5.75 Å². The summed E-state index contributed by atoms with van der Waals surface area (Å²) >= 11 is 6.17. The molecule has 182 valence electrons. The van der Waals surface area contributed by atoms with Crippen molar-refractivity contribution in [3.63, 3.8) is 0 Å². The number of anilines is 1. The van der Waals surface area contributed by atoms with Crippen LogP contribution in [0.4, 0.5) is 11.4 Å². The summed E-state index contributed by atoms with van der Waals surface area (Å²) in [4.78, 5) is 8.13. The first-order chi connectivity index (χ1) is 17.0. The van der Waals surface area contributed by atoms with Crippen molar-refractivity contribution >= 4 is 23.0 Å². The Labute approximate surface area is 211 Å². The second-order valence-corrected chi connectivity index (χ2v) is 9.26. The molecule has 0 amide bonds. The maximum Gasteiger partial charge on any atom is 0.187 e. The zero-order valence-electron chi connectivity index (χ0n) is 19.7. The number of ether oxygens (including phenoxy) is 1. The lowest BCUT2D eigenvalue weighted by molar-refractivity contribution is 0.0916. The van der Waals surface area contributed by atoms with Gasteiger partial charge < -0.3 is 19.8 Å². The van der Waals surface area contributed by atoms with Crippen molar-refractivity contribution in [3.05, 3.63) is 100 Å². The van der Waals surface area contributed by atoms with Crippen molar-refractivity contribution in [1.29, 1.82) is 0 Å². The highest BCUT2D eigenvalue weighted by Crippen LogP contribution is 2.35. The van der Waals surface area contributed by atoms with Crippen molar-refractivity contribution in [2.45, 2.75) is 25.1 Å². The highest BCUT2D eigenvalue weighted by atomic mass is 35.5. The quantitative estimate of drug-likeness (QED) is 0.421. The first-order valence-corrected chi connectivity index (χ1v) is 12.1. The number of hydrogen-bond donors (Lipinski definition) is 2. The molecule has 0 unspecified atom stereocenters. The lowest BCUT2D eigenvalue weighted by atomic mass is 9.97. The van der Waals surface area contributed by atoms with Crippen LogP contribution in [0.15, 0.2) is 72.8 Å². The van der Waals surface area contributed by atoms with Crippen LogP contribution in [-0.2, 0) is 0 Å². The molecule has 4 rings (SSSR count). The molecule has 0 bridgehead atoms. The minimum Gasteiger partial charge on any atom is -0.491 e. The van der Waals surface area contributed by atoms with Gasteiger partial charge in [-0.25, -0.2) is 4.85 Å². The molecule has 6 nitrogen and oxygen atoms in total. The first-order valence-electron chi connectivity index (χ1n) is 11.7. The Balaban J connectivity index is 1.56. The van der Waals surface area contributed by atoms with Crippen LogP contribution in [0.1, 0.15) is 30.2 Å². The molecule has 3 aromatic carbocycles. The number of piperazine rings is 1. The zero-order valence-corrected chi connectivity index (χ0v) is 20.5. The average Bonchev–Trinajstić information content (AvgIpc) is 2.88. The van der Waals surface area contributed by atoms with E-state index in [0.29, 0.717) is 17.3 Å². The third-order valence-electron chi connectivity index (χ3n) is 6.35. The molecule has 0 aromatic heterocycles. The molecule has 1 heterocycles. The molecule has 1 saturated heterocycles. The van der Waals surface area contributed by atoms with Crippen molar-refractivity contribution < 1.29 is 14.9 Å². The van der Waals surface area contributed by atoms with E-state index in [1.165, 1.54) is 0 Å². The number of hydrogen-bond acceptors (Lipinski definition) is 5. The number of halogens is 1. The number of aliphatic hydroxyl groups is 2. The summed E-state index contributed by atoms with van der Waals surface area (Å²) in [5, 5.41) is 20.6. The molecule has 0 radical (unpaired) electrons. The first kappa shape index (κ1) is 25.0. The molecule has 1 aliphatic rings. The minimum atomic E-state index is -0.637. The van der Waals surface area contributed by atoms with Gasteiger partial charge in [0.05, 0.1) is 25.3 Å². The van der Waals surface area contributed by atoms with E-state index in [9.17, 15) is 5.11 Å². The van der Waals surface area contributed by atoms with Gasteiger partial charge in [0, 0.05) is 36.4 Å². The standard InChI is InChI=1S/C28H30ClN3O3/c1-20-17-31(19-28(34)22-5-9-24(30-2)10-6-22)18-27(21-3-7-23(29)8-4-21)32(20)25-11-13-26(14-12-25)35-16-15-33/h3-14,20,27-28,33-34H,15-19H2,1H3/t20-,27+,28-/m1/s1. The van der Waals surface area contributed by atoms with E-state index in [4.69, 9.17) is 28.0 Å². The number of aliphatic hydroxyl groups excluding tert-OH is 2. The van der Waals surface area contributed by atoms with Crippen LogP contribution in [0.3, 0.4) is 0 Å². The Hall–Kier alpha value is -3.08. The molecule has 3 atom stereocenters. The van der Waals surface area contributed by atoms with Crippen LogP contribution in [0.25, 0.3) is 4.85 Å². The summed E-state index contributed by atoms with van der Waals surface area (Å²) < 4.78 is 5.53. The Morgan fingerprint density at radius 2 is 1.71 bits per heavy atom. The molecule has 7 heteroatoms. The van der Waals surface area contributed by atoms with Gasteiger partial charge in [0.25, 0.3) is 0 Å². The van der Waals surface area contributed by atoms with Crippen molar-refractivity contribution in [1.82, 2.24) is 4.90 Å². The Bertz CT molecular complexity index is 1130. The summed E-state index contributed by atoms with van der Waals surface area (Å²) in [5.74, 6) is 0.726. The summed E-state index contributed by atoms with van der Waals surface area (Å²) in [6.07, 6.45) is -0.637. The SMILES string of the molecule is [C-]#[N+]c1ccc([C@H](O)CN2C[C@@H](C)N(c3ccc(OCCO)cc3)[C@H](c3ccc(Cl)cc3)C2)cc1. The van der Waals surface area contributed by atoms with Gasteiger partial charge in [0.15, 0.2) is 5.69 Å². The average molecular weight is 492 g/mol. The summed E-state index contributed by atoms with van der Waals surface area (Å²) in [5.41, 5.74) is 3.62. The molecule has 1 fully saturated rings.